The number of para-hydroxylation sites is 1. The van der Waals surface area contributed by atoms with Crippen molar-refractivity contribution in [2.75, 3.05) is 6.61 Å². The van der Waals surface area contributed by atoms with E-state index in [2.05, 4.69) is 10.9 Å². The summed E-state index contributed by atoms with van der Waals surface area (Å²) in [6, 6.07) is 17.4. The van der Waals surface area contributed by atoms with Crippen LogP contribution in [0, 0.1) is 0 Å². The number of hydrogen-bond donors (Lipinski definition) is 2. The van der Waals surface area contributed by atoms with Crippen molar-refractivity contribution in [3.8, 4) is 5.75 Å². The van der Waals surface area contributed by atoms with Crippen molar-refractivity contribution >= 4 is 11.8 Å². The van der Waals surface area contributed by atoms with Crippen LogP contribution in [0.15, 0.2) is 54.6 Å². The summed E-state index contributed by atoms with van der Waals surface area (Å²) in [5.41, 5.74) is 6.94. The van der Waals surface area contributed by atoms with Crippen molar-refractivity contribution in [2.45, 2.75) is 32.6 Å². The van der Waals surface area contributed by atoms with E-state index >= 15 is 0 Å². The Hall–Kier alpha value is -2.82. The molecule has 0 aliphatic carbocycles. The molecule has 0 bridgehead atoms. The molecule has 0 saturated carbocycles. The van der Waals surface area contributed by atoms with Crippen molar-refractivity contribution in [3.05, 3.63) is 65.7 Å². The van der Waals surface area contributed by atoms with Gasteiger partial charge in [-0.1, -0.05) is 62.4 Å². The Balaban J connectivity index is 1.73. The lowest BCUT2D eigenvalue weighted by Crippen LogP contribution is -2.44. The topological polar surface area (TPSA) is 67.4 Å². The van der Waals surface area contributed by atoms with E-state index in [0.29, 0.717) is 12.2 Å². The van der Waals surface area contributed by atoms with E-state index in [1.54, 1.807) is 0 Å². The lowest BCUT2D eigenvalue weighted by molar-refractivity contribution is -0.130. The molecule has 2 aromatic rings. The summed E-state index contributed by atoms with van der Waals surface area (Å²) in [5.74, 6) is 0.125. The molecular formula is C20H24N2O3. The highest BCUT2D eigenvalue weighted by molar-refractivity contribution is 5.83. The fourth-order valence-electron chi connectivity index (χ4n) is 2.48. The van der Waals surface area contributed by atoms with Gasteiger partial charge in [0.2, 0.25) is 5.91 Å². The van der Waals surface area contributed by atoms with E-state index in [9.17, 15) is 9.59 Å². The number of amides is 2. The number of hydrogen-bond acceptors (Lipinski definition) is 3. The molecule has 0 spiro atoms. The Labute approximate surface area is 148 Å². The van der Waals surface area contributed by atoms with E-state index in [-0.39, 0.29) is 18.4 Å². The summed E-state index contributed by atoms with van der Waals surface area (Å²) < 4.78 is 5.51. The van der Waals surface area contributed by atoms with Crippen molar-refractivity contribution in [2.24, 2.45) is 0 Å². The van der Waals surface area contributed by atoms with Crippen LogP contribution in [-0.4, -0.2) is 18.4 Å². The Bertz CT molecular complexity index is 701. The number of nitrogens with one attached hydrogen (secondary N) is 2. The minimum absolute atomic E-state index is 0.0748. The molecule has 2 aromatic carbocycles. The van der Waals surface area contributed by atoms with Crippen LogP contribution in [0.2, 0.25) is 0 Å². The molecule has 5 nitrogen and oxygen atoms in total. The third kappa shape index (κ3) is 5.95. The first-order chi connectivity index (χ1) is 12.1. The molecular weight excluding hydrogens is 316 g/mol. The highest BCUT2D eigenvalue weighted by atomic mass is 16.5. The van der Waals surface area contributed by atoms with Crippen molar-refractivity contribution in [1.29, 1.82) is 0 Å². The summed E-state index contributed by atoms with van der Waals surface area (Å²) in [5, 5.41) is 0. The lowest BCUT2D eigenvalue weighted by atomic mass is 9.98. The molecule has 1 atom stereocenters. The van der Waals surface area contributed by atoms with E-state index in [0.717, 1.165) is 17.5 Å². The van der Waals surface area contributed by atoms with Crippen LogP contribution in [-0.2, 0) is 16.0 Å². The first-order valence-corrected chi connectivity index (χ1v) is 8.43. The smallest absolute Gasteiger partial charge is 0.276 e. The van der Waals surface area contributed by atoms with E-state index in [1.165, 1.54) is 0 Å². The van der Waals surface area contributed by atoms with Crippen molar-refractivity contribution < 1.29 is 14.3 Å². The maximum Gasteiger partial charge on any atom is 0.276 e. The van der Waals surface area contributed by atoms with Gasteiger partial charge in [-0.2, -0.15) is 0 Å². The zero-order valence-corrected chi connectivity index (χ0v) is 14.6. The first-order valence-electron chi connectivity index (χ1n) is 8.43. The van der Waals surface area contributed by atoms with Gasteiger partial charge in [0.15, 0.2) is 6.61 Å². The van der Waals surface area contributed by atoms with Gasteiger partial charge >= 0.3 is 0 Å². The van der Waals surface area contributed by atoms with Gasteiger partial charge in [0.05, 0.1) is 0 Å². The highest BCUT2D eigenvalue weighted by Crippen LogP contribution is 2.18. The quantitative estimate of drug-likeness (QED) is 0.762. The average Bonchev–Trinajstić information content (AvgIpc) is 2.65. The molecule has 0 aliphatic heterocycles. The maximum atomic E-state index is 11.9. The fourth-order valence-corrected chi connectivity index (χ4v) is 2.48. The summed E-state index contributed by atoms with van der Waals surface area (Å²) in [7, 11) is 0. The number of benzene rings is 2. The minimum Gasteiger partial charge on any atom is -0.483 e. The van der Waals surface area contributed by atoms with E-state index in [4.69, 9.17) is 4.74 Å². The lowest BCUT2D eigenvalue weighted by Gasteiger charge is -2.13. The third-order valence-corrected chi connectivity index (χ3v) is 3.91. The van der Waals surface area contributed by atoms with Gasteiger partial charge in [-0.15, -0.1) is 0 Å². The van der Waals surface area contributed by atoms with Gasteiger partial charge < -0.3 is 4.74 Å². The zero-order valence-electron chi connectivity index (χ0n) is 14.6. The van der Waals surface area contributed by atoms with Gasteiger partial charge in [-0.25, -0.2) is 0 Å². The van der Waals surface area contributed by atoms with Crippen molar-refractivity contribution in [3.63, 3.8) is 0 Å². The van der Waals surface area contributed by atoms with Crippen LogP contribution >= 0.6 is 0 Å². The molecule has 0 heterocycles. The molecule has 2 N–H and O–H groups in total. The SMILES string of the molecule is CCc1ccccc1OCC(=O)NNC(=O)CC(C)c1ccccc1. The van der Waals surface area contributed by atoms with Crippen LogP contribution in [0.4, 0.5) is 0 Å². The fraction of sp³-hybridized carbons (Fsp3) is 0.300. The Morgan fingerprint density at radius 3 is 2.32 bits per heavy atom. The molecule has 0 fully saturated rings. The summed E-state index contributed by atoms with van der Waals surface area (Å²) in [6.45, 7) is 3.85. The van der Waals surface area contributed by atoms with Gasteiger partial charge in [0.25, 0.3) is 5.91 Å². The Morgan fingerprint density at radius 2 is 1.60 bits per heavy atom. The number of hydrazine groups is 1. The monoisotopic (exact) mass is 340 g/mol. The van der Waals surface area contributed by atoms with Gasteiger partial charge in [-0.3, -0.25) is 20.4 Å². The van der Waals surface area contributed by atoms with Crippen LogP contribution in [0.1, 0.15) is 37.3 Å². The normalized spacial score (nSPS) is 11.4. The third-order valence-electron chi connectivity index (χ3n) is 3.91. The Kier molecular flexibility index (Phi) is 7.01. The number of ether oxygens (including phenoxy) is 1. The average molecular weight is 340 g/mol. The number of carbonyl (C=O) groups is 2. The summed E-state index contributed by atoms with van der Waals surface area (Å²) in [6.07, 6.45) is 1.12. The largest absolute Gasteiger partial charge is 0.483 e. The molecule has 132 valence electrons. The van der Waals surface area contributed by atoms with Crippen LogP contribution in [0.25, 0.3) is 0 Å². The molecule has 1 unspecified atom stereocenters. The molecule has 2 rings (SSSR count). The minimum atomic E-state index is -0.397. The molecule has 2 amide bonds. The standard InChI is InChI=1S/C20H24N2O3/c1-3-16-9-7-8-12-18(16)25-14-20(24)22-21-19(23)13-15(2)17-10-5-4-6-11-17/h4-12,15H,3,13-14H2,1-2H3,(H,21,23)(H,22,24). The number of rotatable bonds is 7. The highest BCUT2D eigenvalue weighted by Gasteiger charge is 2.12. The summed E-state index contributed by atoms with van der Waals surface area (Å²) in [4.78, 5) is 23.8. The maximum absolute atomic E-state index is 11.9. The van der Waals surface area contributed by atoms with Crippen LogP contribution in [0.5, 0.6) is 5.75 Å². The first kappa shape index (κ1) is 18.5. The van der Waals surface area contributed by atoms with E-state index in [1.807, 2.05) is 68.4 Å². The molecule has 0 saturated heterocycles. The van der Waals surface area contributed by atoms with Gasteiger partial charge in [0.1, 0.15) is 5.75 Å². The number of aryl methyl sites for hydroxylation is 1. The Morgan fingerprint density at radius 1 is 0.960 bits per heavy atom. The molecule has 5 heteroatoms. The van der Waals surface area contributed by atoms with Gasteiger partial charge in [-0.05, 0) is 29.5 Å². The molecule has 0 aromatic heterocycles. The van der Waals surface area contributed by atoms with E-state index < -0.39 is 5.91 Å². The molecule has 0 radical (unpaired) electrons. The molecule has 25 heavy (non-hydrogen) atoms. The molecule has 0 aliphatic rings. The summed E-state index contributed by atoms with van der Waals surface area (Å²) >= 11 is 0. The predicted molar refractivity (Wildman–Crippen MR) is 97.1 cm³/mol. The van der Waals surface area contributed by atoms with Crippen molar-refractivity contribution in [1.82, 2.24) is 10.9 Å². The number of carbonyl (C=O) groups excluding carboxylic acids is 2. The van der Waals surface area contributed by atoms with Crippen LogP contribution < -0.4 is 15.6 Å². The van der Waals surface area contributed by atoms with Gasteiger partial charge in [0, 0.05) is 6.42 Å². The predicted octanol–water partition coefficient (Wildman–Crippen LogP) is 2.97. The van der Waals surface area contributed by atoms with Crippen LogP contribution in [0.3, 0.4) is 0 Å². The second-order valence-corrected chi connectivity index (χ2v) is 5.86. The second-order valence-electron chi connectivity index (χ2n) is 5.86. The second kappa shape index (κ2) is 9.47. The zero-order chi connectivity index (χ0) is 18.1.